The summed E-state index contributed by atoms with van der Waals surface area (Å²) in [6.07, 6.45) is 10.4. The number of nitrogens with zero attached hydrogens (tertiary/aromatic N) is 2. The van der Waals surface area contributed by atoms with Crippen LogP contribution in [0.1, 0.15) is 51.5 Å². The molecular weight excluding hydrogens is 234 g/mol. The third-order valence-electron chi connectivity index (χ3n) is 3.67. The van der Waals surface area contributed by atoms with Crippen LogP contribution < -0.4 is 10.2 Å². The van der Waals surface area contributed by atoms with Gasteiger partial charge in [0.15, 0.2) is 0 Å². The third kappa shape index (κ3) is 4.20. The van der Waals surface area contributed by atoms with Gasteiger partial charge in [-0.15, -0.1) is 0 Å². The Bertz CT molecular complexity index is 374. The van der Waals surface area contributed by atoms with Crippen molar-refractivity contribution < 1.29 is 0 Å². The highest BCUT2D eigenvalue weighted by Crippen LogP contribution is 2.33. The summed E-state index contributed by atoms with van der Waals surface area (Å²) in [6.45, 7) is 7.67. The van der Waals surface area contributed by atoms with E-state index in [0.29, 0.717) is 0 Å². The van der Waals surface area contributed by atoms with Crippen molar-refractivity contribution in [1.29, 1.82) is 0 Å². The molecule has 1 heterocycles. The zero-order chi connectivity index (χ0) is 13.5. The van der Waals surface area contributed by atoms with Gasteiger partial charge in [-0.2, -0.15) is 0 Å². The number of anilines is 1. The molecule has 1 saturated carbocycles. The standard InChI is InChI=1S/C16H27N3/c1-3-5-11-19(15-6-7-15)16-8-10-18-13-14(16)12-17-9-4-2/h8,10,13,15,17H,3-7,9,11-12H2,1-2H3. The van der Waals surface area contributed by atoms with Crippen LogP contribution in [0.5, 0.6) is 0 Å². The van der Waals surface area contributed by atoms with Gasteiger partial charge in [0.2, 0.25) is 0 Å². The summed E-state index contributed by atoms with van der Waals surface area (Å²) in [4.78, 5) is 6.91. The number of aromatic nitrogens is 1. The lowest BCUT2D eigenvalue weighted by molar-refractivity contribution is 0.663. The predicted molar refractivity (Wildman–Crippen MR) is 81.5 cm³/mol. The highest BCUT2D eigenvalue weighted by Gasteiger charge is 2.29. The first-order valence-corrected chi connectivity index (χ1v) is 7.77. The average molecular weight is 261 g/mol. The molecule has 0 aliphatic heterocycles. The second-order valence-electron chi connectivity index (χ2n) is 5.46. The lowest BCUT2D eigenvalue weighted by atomic mass is 10.2. The summed E-state index contributed by atoms with van der Waals surface area (Å²) in [5.74, 6) is 0. The molecule has 1 aromatic heterocycles. The monoisotopic (exact) mass is 261 g/mol. The summed E-state index contributed by atoms with van der Waals surface area (Å²) in [7, 11) is 0. The molecule has 1 fully saturated rings. The summed E-state index contributed by atoms with van der Waals surface area (Å²) in [5.41, 5.74) is 2.74. The number of rotatable bonds is 9. The molecule has 1 aliphatic carbocycles. The van der Waals surface area contributed by atoms with E-state index in [2.05, 4.69) is 35.1 Å². The van der Waals surface area contributed by atoms with E-state index in [0.717, 1.165) is 19.1 Å². The molecule has 106 valence electrons. The van der Waals surface area contributed by atoms with Gasteiger partial charge in [0.25, 0.3) is 0 Å². The fraction of sp³-hybridized carbons (Fsp3) is 0.688. The summed E-state index contributed by atoms with van der Waals surface area (Å²) >= 11 is 0. The Morgan fingerprint density at radius 2 is 2.16 bits per heavy atom. The first-order valence-electron chi connectivity index (χ1n) is 7.77. The van der Waals surface area contributed by atoms with Gasteiger partial charge in [0.1, 0.15) is 0 Å². The Morgan fingerprint density at radius 3 is 2.84 bits per heavy atom. The van der Waals surface area contributed by atoms with Gasteiger partial charge in [-0.25, -0.2) is 0 Å². The molecule has 2 rings (SSSR count). The van der Waals surface area contributed by atoms with Crippen molar-refractivity contribution in [2.24, 2.45) is 0 Å². The molecule has 3 nitrogen and oxygen atoms in total. The minimum atomic E-state index is 0.777. The molecule has 3 heteroatoms. The minimum absolute atomic E-state index is 0.777. The van der Waals surface area contributed by atoms with Gasteiger partial charge >= 0.3 is 0 Å². The Kier molecular flexibility index (Phi) is 5.64. The number of unbranched alkanes of at least 4 members (excludes halogenated alkanes) is 1. The van der Waals surface area contributed by atoms with E-state index < -0.39 is 0 Å². The van der Waals surface area contributed by atoms with Crippen molar-refractivity contribution in [2.45, 2.75) is 58.5 Å². The van der Waals surface area contributed by atoms with E-state index in [1.54, 1.807) is 0 Å². The van der Waals surface area contributed by atoms with E-state index in [9.17, 15) is 0 Å². The second-order valence-corrected chi connectivity index (χ2v) is 5.46. The van der Waals surface area contributed by atoms with Gasteiger partial charge in [0, 0.05) is 42.8 Å². The molecule has 1 aliphatic rings. The average Bonchev–Trinajstić information content (AvgIpc) is 3.26. The maximum atomic E-state index is 4.30. The molecule has 19 heavy (non-hydrogen) atoms. The molecular formula is C16H27N3. The lowest BCUT2D eigenvalue weighted by Gasteiger charge is -2.27. The zero-order valence-electron chi connectivity index (χ0n) is 12.4. The van der Waals surface area contributed by atoms with Crippen LogP contribution in [0.25, 0.3) is 0 Å². The lowest BCUT2D eigenvalue weighted by Crippen LogP contribution is -2.29. The molecule has 0 radical (unpaired) electrons. The van der Waals surface area contributed by atoms with E-state index in [1.807, 2.05) is 12.4 Å². The predicted octanol–water partition coefficient (Wildman–Crippen LogP) is 3.35. The zero-order valence-corrected chi connectivity index (χ0v) is 12.4. The smallest absolute Gasteiger partial charge is 0.0445 e. The van der Waals surface area contributed by atoms with Crippen molar-refractivity contribution in [3.8, 4) is 0 Å². The van der Waals surface area contributed by atoms with E-state index in [4.69, 9.17) is 0 Å². The van der Waals surface area contributed by atoms with Crippen LogP contribution in [0.4, 0.5) is 5.69 Å². The van der Waals surface area contributed by atoms with Crippen molar-refractivity contribution in [3.63, 3.8) is 0 Å². The first-order chi connectivity index (χ1) is 9.36. The van der Waals surface area contributed by atoms with E-state index in [-0.39, 0.29) is 0 Å². The Balaban J connectivity index is 2.06. The Labute approximate surface area is 117 Å². The Morgan fingerprint density at radius 1 is 1.32 bits per heavy atom. The van der Waals surface area contributed by atoms with E-state index >= 15 is 0 Å². The summed E-state index contributed by atoms with van der Waals surface area (Å²) < 4.78 is 0. The number of hydrogen-bond acceptors (Lipinski definition) is 3. The quantitative estimate of drug-likeness (QED) is 0.691. The van der Waals surface area contributed by atoms with Gasteiger partial charge in [-0.3, -0.25) is 4.98 Å². The molecule has 1 aromatic rings. The number of pyridine rings is 1. The van der Waals surface area contributed by atoms with Gasteiger partial charge in [-0.1, -0.05) is 20.3 Å². The molecule has 0 aromatic carbocycles. The van der Waals surface area contributed by atoms with Crippen molar-refractivity contribution in [1.82, 2.24) is 10.3 Å². The summed E-state index contributed by atoms with van der Waals surface area (Å²) in [6, 6.07) is 2.97. The highest BCUT2D eigenvalue weighted by atomic mass is 15.2. The van der Waals surface area contributed by atoms with Gasteiger partial charge < -0.3 is 10.2 Å². The second kappa shape index (κ2) is 7.49. The first kappa shape index (κ1) is 14.3. The molecule has 1 N–H and O–H groups in total. The number of nitrogens with one attached hydrogen (secondary N) is 1. The molecule has 0 saturated heterocycles. The van der Waals surface area contributed by atoms with Crippen LogP contribution in [-0.4, -0.2) is 24.1 Å². The van der Waals surface area contributed by atoms with Crippen LogP contribution in [0.3, 0.4) is 0 Å². The SMILES string of the molecule is CCCCN(c1ccncc1CNCCC)C1CC1. The van der Waals surface area contributed by atoms with E-state index in [1.165, 1.54) is 49.9 Å². The summed E-state index contributed by atoms with van der Waals surface area (Å²) in [5, 5.41) is 3.50. The molecule has 0 amide bonds. The van der Waals surface area contributed by atoms with Crippen LogP contribution in [-0.2, 0) is 6.54 Å². The van der Waals surface area contributed by atoms with Crippen LogP contribution >= 0.6 is 0 Å². The van der Waals surface area contributed by atoms with Crippen molar-refractivity contribution in [3.05, 3.63) is 24.0 Å². The maximum Gasteiger partial charge on any atom is 0.0445 e. The minimum Gasteiger partial charge on any atom is -0.368 e. The highest BCUT2D eigenvalue weighted by molar-refractivity contribution is 5.54. The number of hydrogen-bond donors (Lipinski definition) is 1. The van der Waals surface area contributed by atoms with Crippen LogP contribution in [0.2, 0.25) is 0 Å². The molecule has 0 atom stereocenters. The molecule has 0 spiro atoms. The van der Waals surface area contributed by atoms with Crippen molar-refractivity contribution in [2.75, 3.05) is 18.0 Å². The largest absolute Gasteiger partial charge is 0.368 e. The molecule has 0 bridgehead atoms. The fourth-order valence-electron chi connectivity index (χ4n) is 2.45. The topological polar surface area (TPSA) is 28.2 Å². The normalized spacial score (nSPS) is 14.6. The van der Waals surface area contributed by atoms with Gasteiger partial charge in [-0.05, 0) is 38.3 Å². The van der Waals surface area contributed by atoms with Crippen LogP contribution in [0, 0.1) is 0 Å². The maximum absolute atomic E-state index is 4.30. The fourth-order valence-corrected chi connectivity index (χ4v) is 2.45. The van der Waals surface area contributed by atoms with Crippen LogP contribution in [0.15, 0.2) is 18.5 Å². The third-order valence-corrected chi connectivity index (χ3v) is 3.67. The molecule has 0 unspecified atom stereocenters. The Hall–Kier alpha value is -1.09. The van der Waals surface area contributed by atoms with Gasteiger partial charge in [0.05, 0.1) is 0 Å². The van der Waals surface area contributed by atoms with Crippen molar-refractivity contribution >= 4 is 5.69 Å².